The van der Waals surface area contributed by atoms with Crippen molar-refractivity contribution in [2.75, 3.05) is 6.61 Å². The number of carboxylic acids is 2. The van der Waals surface area contributed by atoms with Crippen LogP contribution in [-0.4, -0.2) is 63.8 Å². The summed E-state index contributed by atoms with van der Waals surface area (Å²) in [6.07, 6.45) is -0.273. The zero-order chi connectivity index (χ0) is 18.2. The zero-order valence-electron chi connectivity index (χ0n) is 13.0. The third-order valence-corrected chi connectivity index (χ3v) is 3.32. The third kappa shape index (κ3) is 7.06. The molecule has 0 aromatic heterocycles. The lowest BCUT2D eigenvalue weighted by atomic mass is 9.98. The second-order valence-corrected chi connectivity index (χ2v) is 5.16. The van der Waals surface area contributed by atoms with Crippen molar-refractivity contribution < 1.29 is 34.5 Å². The Balaban J connectivity index is 5.08. The number of aliphatic carboxylic acids is 2. The van der Waals surface area contributed by atoms with Crippen molar-refractivity contribution in [2.24, 2.45) is 11.7 Å². The van der Waals surface area contributed by atoms with Gasteiger partial charge in [-0.2, -0.15) is 0 Å². The monoisotopic (exact) mass is 333 g/mol. The molecule has 10 heteroatoms. The summed E-state index contributed by atoms with van der Waals surface area (Å²) < 4.78 is 0. The van der Waals surface area contributed by atoms with Crippen molar-refractivity contribution in [1.82, 2.24) is 10.6 Å². The summed E-state index contributed by atoms with van der Waals surface area (Å²) in [7, 11) is 0. The molecule has 0 bridgehead atoms. The standard InChI is InChI=1S/C13H23N3O7/c1-3-6(2)10(13(22)23)16-12(21)8(4-9(18)19)15-11(20)7(14)5-17/h6-8,10,17H,3-5,14H2,1-2H3,(H,15,20)(H,16,21)(H,18,19)(H,22,23). The minimum atomic E-state index is -1.50. The fourth-order valence-electron chi connectivity index (χ4n) is 1.68. The number of hydrogen-bond donors (Lipinski definition) is 6. The molecule has 0 aliphatic carbocycles. The topological polar surface area (TPSA) is 179 Å². The normalized spacial score (nSPS) is 15.8. The van der Waals surface area contributed by atoms with Crippen LogP contribution in [0.4, 0.5) is 0 Å². The first-order chi connectivity index (χ1) is 10.6. The largest absolute Gasteiger partial charge is 0.481 e. The molecule has 0 rings (SSSR count). The fraction of sp³-hybridized carbons (Fsp3) is 0.692. The predicted molar refractivity (Wildman–Crippen MR) is 78.3 cm³/mol. The van der Waals surface area contributed by atoms with Crippen LogP contribution in [0, 0.1) is 5.92 Å². The van der Waals surface area contributed by atoms with Crippen molar-refractivity contribution in [3.63, 3.8) is 0 Å². The highest BCUT2D eigenvalue weighted by molar-refractivity contribution is 5.93. The number of nitrogens with one attached hydrogen (secondary N) is 2. The molecule has 0 saturated heterocycles. The molecule has 0 radical (unpaired) electrons. The average molecular weight is 333 g/mol. The van der Waals surface area contributed by atoms with Crippen molar-refractivity contribution in [3.05, 3.63) is 0 Å². The zero-order valence-corrected chi connectivity index (χ0v) is 13.0. The van der Waals surface area contributed by atoms with E-state index >= 15 is 0 Å². The summed E-state index contributed by atoms with van der Waals surface area (Å²) in [6, 6.07) is -4.03. The van der Waals surface area contributed by atoms with Crippen molar-refractivity contribution >= 4 is 23.8 Å². The molecule has 0 saturated carbocycles. The molecule has 132 valence electrons. The van der Waals surface area contributed by atoms with Crippen LogP contribution >= 0.6 is 0 Å². The SMILES string of the molecule is CCC(C)C(NC(=O)C(CC(=O)O)NC(=O)C(N)CO)C(=O)O. The van der Waals surface area contributed by atoms with Gasteiger partial charge in [-0.15, -0.1) is 0 Å². The summed E-state index contributed by atoms with van der Waals surface area (Å²) >= 11 is 0. The number of nitrogens with two attached hydrogens (primary N) is 1. The van der Waals surface area contributed by atoms with Crippen LogP contribution in [0.3, 0.4) is 0 Å². The number of carbonyl (C=O) groups is 4. The highest BCUT2D eigenvalue weighted by atomic mass is 16.4. The van der Waals surface area contributed by atoms with Crippen LogP contribution < -0.4 is 16.4 Å². The molecule has 0 aromatic rings. The van der Waals surface area contributed by atoms with E-state index in [1.807, 2.05) is 0 Å². The molecule has 0 aromatic carbocycles. The Morgan fingerprint density at radius 3 is 2.04 bits per heavy atom. The van der Waals surface area contributed by atoms with Crippen LogP contribution in [0.1, 0.15) is 26.7 Å². The Hall–Kier alpha value is -2.20. The molecule has 0 aliphatic rings. The van der Waals surface area contributed by atoms with Crippen LogP contribution in [0.15, 0.2) is 0 Å². The van der Waals surface area contributed by atoms with E-state index in [0.29, 0.717) is 6.42 Å². The first-order valence-electron chi connectivity index (χ1n) is 7.05. The Labute approximate surface area is 133 Å². The number of rotatable bonds is 10. The second kappa shape index (κ2) is 9.74. The molecule has 23 heavy (non-hydrogen) atoms. The van der Waals surface area contributed by atoms with Gasteiger partial charge >= 0.3 is 11.9 Å². The molecule has 0 heterocycles. The maximum atomic E-state index is 12.1. The number of hydrogen-bond acceptors (Lipinski definition) is 6. The molecular formula is C13H23N3O7. The highest BCUT2D eigenvalue weighted by Crippen LogP contribution is 2.08. The lowest BCUT2D eigenvalue weighted by molar-refractivity contribution is -0.144. The summed E-state index contributed by atoms with van der Waals surface area (Å²) in [6.45, 7) is 2.67. The summed E-state index contributed by atoms with van der Waals surface area (Å²) in [4.78, 5) is 45.7. The summed E-state index contributed by atoms with van der Waals surface area (Å²) in [5, 5.41) is 31.0. The molecule has 7 N–H and O–H groups in total. The number of aliphatic hydroxyl groups excluding tert-OH is 1. The minimum absolute atomic E-state index is 0.391. The van der Waals surface area contributed by atoms with E-state index in [1.54, 1.807) is 13.8 Å². The number of aliphatic hydroxyl groups is 1. The Bertz CT molecular complexity index is 455. The lowest BCUT2D eigenvalue weighted by Crippen LogP contribution is -2.56. The van der Waals surface area contributed by atoms with E-state index in [0.717, 1.165) is 0 Å². The van der Waals surface area contributed by atoms with Gasteiger partial charge in [-0.25, -0.2) is 4.79 Å². The smallest absolute Gasteiger partial charge is 0.326 e. The van der Waals surface area contributed by atoms with Crippen LogP contribution in [-0.2, 0) is 19.2 Å². The molecule has 2 amide bonds. The number of amides is 2. The molecular weight excluding hydrogens is 310 g/mol. The molecule has 4 atom stereocenters. The molecule has 0 fully saturated rings. The first-order valence-corrected chi connectivity index (χ1v) is 7.05. The Kier molecular flexibility index (Phi) is 8.81. The lowest BCUT2D eigenvalue weighted by Gasteiger charge is -2.24. The van der Waals surface area contributed by atoms with E-state index in [2.05, 4.69) is 10.6 Å². The van der Waals surface area contributed by atoms with Gasteiger partial charge < -0.3 is 31.7 Å². The van der Waals surface area contributed by atoms with Crippen molar-refractivity contribution in [3.8, 4) is 0 Å². The third-order valence-electron chi connectivity index (χ3n) is 3.32. The number of carboxylic acid groups (broad SMARTS) is 2. The molecule has 4 unspecified atom stereocenters. The second-order valence-electron chi connectivity index (χ2n) is 5.16. The molecule has 0 aliphatic heterocycles. The number of carbonyl (C=O) groups excluding carboxylic acids is 2. The Morgan fingerprint density at radius 1 is 1.09 bits per heavy atom. The van der Waals surface area contributed by atoms with E-state index in [4.69, 9.17) is 21.1 Å². The van der Waals surface area contributed by atoms with Crippen LogP contribution in [0.25, 0.3) is 0 Å². The van der Waals surface area contributed by atoms with E-state index in [9.17, 15) is 19.2 Å². The maximum absolute atomic E-state index is 12.1. The summed E-state index contributed by atoms with van der Waals surface area (Å²) in [5.74, 6) is -4.88. The first kappa shape index (κ1) is 20.8. The maximum Gasteiger partial charge on any atom is 0.326 e. The highest BCUT2D eigenvalue weighted by Gasteiger charge is 2.31. The van der Waals surface area contributed by atoms with Gasteiger partial charge in [0.05, 0.1) is 13.0 Å². The van der Waals surface area contributed by atoms with Crippen molar-refractivity contribution in [1.29, 1.82) is 0 Å². The van der Waals surface area contributed by atoms with Gasteiger partial charge in [-0.1, -0.05) is 20.3 Å². The van der Waals surface area contributed by atoms with E-state index in [1.165, 1.54) is 0 Å². The van der Waals surface area contributed by atoms with E-state index in [-0.39, 0.29) is 0 Å². The van der Waals surface area contributed by atoms with Crippen molar-refractivity contribution in [2.45, 2.75) is 44.8 Å². The fourth-order valence-corrected chi connectivity index (χ4v) is 1.68. The van der Waals surface area contributed by atoms with Gasteiger partial charge in [0, 0.05) is 0 Å². The van der Waals surface area contributed by atoms with Gasteiger partial charge in [0.25, 0.3) is 0 Å². The van der Waals surface area contributed by atoms with Gasteiger partial charge in [0.1, 0.15) is 18.1 Å². The predicted octanol–water partition coefficient (Wildman–Crippen LogP) is -2.12. The van der Waals surface area contributed by atoms with Gasteiger partial charge in [0.2, 0.25) is 11.8 Å². The summed E-state index contributed by atoms with van der Waals surface area (Å²) in [5.41, 5.74) is 5.28. The van der Waals surface area contributed by atoms with Gasteiger partial charge in [-0.3, -0.25) is 14.4 Å². The molecule has 10 nitrogen and oxygen atoms in total. The van der Waals surface area contributed by atoms with Gasteiger partial charge in [-0.05, 0) is 5.92 Å². The van der Waals surface area contributed by atoms with Crippen LogP contribution in [0.5, 0.6) is 0 Å². The average Bonchev–Trinajstić information content (AvgIpc) is 2.48. The Morgan fingerprint density at radius 2 is 1.65 bits per heavy atom. The quantitative estimate of drug-likeness (QED) is 0.262. The van der Waals surface area contributed by atoms with Crippen LogP contribution in [0.2, 0.25) is 0 Å². The van der Waals surface area contributed by atoms with E-state index < -0.39 is 60.8 Å². The van der Waals surface area contributed by atoms with Gasteiger partial charge in [0.15, 0.2) is 0 Å². The molecule has 0 spiro atoms. The minimum Gasteiger partial charge on any atom is -0.481 e.